The van der Waals surface area contributed by atoms with Crippen molar-refractivity contribution in [2.24, 2.45) is 0 Å². The van der Waals surface area contributed by atoms with Gasteiger partial charge in [0.1, 0.15) is 6.04 Å². The van der Waals surface area contributed by atoms with Crippen molar-refractivity contribution in [3.05, 3.63) is 74.2 Å². The number of rotatable bonds is 4. The van der Waals surface area contributed by atoms with Crippen LogP contribution < -0.4 is 4.90 Å². The number of nitrogens with zero attached hydrogens (tertiary/aromatic N) is 2. The van der Waals surface area contributed by atoms with E-state index in [-0.39, 0.29) is 11.7 Å². The van der Waals surface area contributed by atoms with E-state index >= 15 is 0 Å². The highest BCUT2D eigenvalue weighted by Gasteiger charge is 2.46. The van der Waals surface area contributed by atoms with Gasteiger partial charge in [0.05, 0.1) is 11.6 Å². The number of hydrogen-bond donors (Lipinski definition) is 0. The fraction of sp³-hybridized carbons (Fsp3) is 0.222. The van der Waals surface area contributed by atoms with Gasteiger partial charge in [0.15, 0.2) is 5.78 Å². The van der Waals surface area contributed by atoms with Crippen molar-refractivity contribution < 1.29 is 14.5 Å². The van der Waals surface area contributed by atoms with Gasteiger partial charge in [-0.3, -0.25) is 19.7 Å². The molecule has 2 atom stereocenters. The van der Waals surface area contributed by atoms with Crippen molar-refractivity contribution in [1.29, 1.82) is 0 Å². The zero-order chi connectivity index (χ0) is 18.1. The molecule has 25 heavy (non-hydrogen) atoms. The third-order valence-corrected chi connectivity index (χ3v) is 4.81. The molecule has 1 aliphatic rings. The van der Waals surface area contributed by atoms with E-state index in [0.717, 1.165) is 4.47 Å². The Hall–Kier alpha value is -2.54. The van der Waals surface area contributed by atoms with Crippen LogP contribution in [0.3, 0.4) is 0 Å². The number of carbonyl (C=O) groups is 2. The van der Waals surface area contributed by atoms with Crippen LogP contribution in [0.5, 0.6) is 0 Å². The number of benzene rings is 2. The Labute approximate surface area is 152 Å². The van der Waals surface area contributed by atoms with Crippen LogP contribution in [-0.4, -0.2) is 29.2 Å². The highest BCUT2D eigenvalue weighted by molar-refractivity contribution is 9.10. The summed E-state index contributed by atoms with van der Waals surface area (Å²) in [5.41, 5.74) is 1.57. The van der Waals surface area contributed by atoms with Gasteiger partial charge >= 0.3 is 0 Å². The molecule has 1 aliphatic heterocycles. The lowest BCUT2D eigenvalue weighted by atomic mass is 9.88. The highest BCUT2D eigenvalue weighted by Crippen LogP contribution is 2.39. The maximum atomic E-state index is 13.0. The molecule has 6 nitrogen and oxygen atoms in total. The van der Waals surface area contributed by atoms with Crippen molar-refractivity contribution in [2.45, 2.75) is 18.9 Å². The van der Waals surface area contributed by atoms with Gasteiger partial charge in [-0.05, 0) is 29.8 Å². The number of nitro groups is 1. The van der Waals surface area contributed by atoms with Crippen molar-refractivity contribution in [3.63, 3.8) is 0 Å². The molecule has 0 saturated heterocycles. The van der Waals surface area contributed by atoms with E-state index in [0.29, 0.717) is 16.8 Å². The zero-order valence-electron chi connectivity index (χ0n) is 13.4. The molecule has 3 rings (SSSR count). The molecule has 0 unspecified atom stereocenters. The summed E-state index contributed by atoms with van der Waals surface area (Å²) < 4.78 is 0.760. The summed E-state index contributed by atoms with van der Waals surface area (Å²) in [5, 5.41) is 11.3. The van der Waals surface area contributed by atoms with Gasteiger partial charge in [0.2, 0.25) is 12.5 Å². The molecular weight excluding hydrogens is 388 g/mol. The fourth-order valence-corrected chi connectivity index (χ4v) is 3.75. The van der Waals surface area contributed by atoms with Crippen molar-refractivity contribution in [1.82, 2.24) is 0 Å². The Morgan fingerprint density at radius 1 is 1.28 bits per heavy atom. The normalized spacial score (nSPS) is 17.3. The third kappa shape index (κ3) is 3.19. The van der Waals surface area contributed by atoms with Crippen LogP contribution in [-0.2, 0) is 4.79 Å². The Morgan fingerprint density at radius 2 is 2.00 bits per heavy atom. The van der Waals surface area contributed by atoms with E-state index in [4.69, 9.17) is 0 Å². The van der Waals surface area contributed by atoms with Crippen LogP contribution in [0.2, 0.25) is 0 Å². The Bertz CT molecular complexity index is 868. The maximum absolute atomic E-state index is 13.0. The molecule has 0 N–H and O–H groups in total. The van der Waals surface area contributed by atoms with Crippen LogP contribution in [0.1, 0.15) is 28.8 Å². The maximum Gasteiger partial charge on any atom is 0.224 e. The van der Waals surface area contributed by atoms with Gasteiger partial charge in [-0.2, -0.15) is 0 Å². The van der Waals surface area contributed by atoms with Gasteiger partial charge in [0, 0.05) is 21.9 Å². The van der Waals surface area contributed by atoms with Gasteiger partial charge < -0.3 is 4.90 Å². The van der Waals surface area contributed by atoms with Crippen molar-refractivity contribution in [2.75, 3.05) is 11.4 Å². The number of ketones is 1. The lowest BCUT2D eigenvalue weighted by Crippen LogP contribution is -2.45. The van der Waals surface area contributed by atoms with E-state index in [1.54, 1.807) is 48.5 Å². The first-order chi connectivity index (χ1) is 11.9. The molecule has 1 heterocycles. The van der Waals surface area contributed by atoms with Crippen molar-refractivity contribution >= 4 is 33.3 Å². The average Bonchev–Trinajstić information content (AvgIpc) is 2.86. The number of Topliss-reactive ketones (excluding diaryl/α,β-unsaturated/α-hetero) is 1. The lowest BCUT2D eigenvalue weighted by Gasteiger charge is -2.28. The molecule has 2 aromatic carbocycles. The van der Waals surface area contributed by atoms with Gasteiger partial charge in [-0.1, -0.05) is 40.2 Å². The molecule has 0 aromatic heterocycles. The molecule has 0 saturated carbocycles. The van der Waals surface area contributed by atoms with Crippen LogP contribution in [0.4, 0.5) is 5.69 Å². The largest absolute Gasteiger partial charge is 0.300 e. The zero-order valence-corrected chi connectivity index (χ0v) is 15.0. The molecule has 0 spiro atoms. The Balaban J connectivity index is 2.13. The summed E-state index contributed by atoms with van der Waals surface area (Å²) in [5.74, 6) is -1.32. The van der Waals surface area contributed by atoms with Crippen LogP contribution in [0.25, 0.3) is 0 Å². The summed E-state index contributed by atoms with van der Waals surface area (Å²) in [6.45, 7) is 0.928. The standard InChI is InChI=1S/C18H15BrN2O4/c1-11(22)21-16-8-3-2-7-14(16)18(23)17(21)15(10-20(24)25)12-5-4-6-13(19)9-12/h2-9,15,17H,10H2,1H3/t15-,17+/m1/s1. The summed E-state index contributed by atoms with van der Waals surface area (Å²) in [7, 11) is 0. The van der Waals surface area contributed by atoms with Crippen molar-refractivity contribution in [3.8, 4) is 0 Å². The number of para-hydroxylation sites is 1. The van der Waals surface area contributed by atoms with E-state index < -0.39 is 23.4 Å². The molecular formula is C18H15BrN2O4. The number of halogens is 1. The minimum Gasteiger partial charge on any atom is -0.300 e. The summed E-state index contributed by atoms with van der Waals surface area (Å²) in [4.78, 5) is 37.4. The molecule has 1 amide bonds. The number of hydrogen-bond acceptors (Lipinski definition) is 4. The second-order valence-corrected chi connectivity index (χ2v) is 6.81. The van der Waals surface area contributed by atoms with Crippen LogP contribution >= 0.6 is 15.9 Å². The van der Waals surface area contributed by atoms with Crippen LogP contribution in [0.15, 0.2) is 53.0 Å². The number of fused-ring (bicyclic) bond motifs is 1. The first-order valence-corrected chi connectivity index (χ1v) is 8.49. The second-order valence-electron chi connectivity index (χ2n) is 5.89. The Kier molecular flexibility index (Phi) is 4.67. The minimum absolute atomic E-state index is 0.266. The predicted molar refractivity (Wildman–Crippen MR) is 96.5 cm³/mol. The minimum atomic E-state index is -0.922. The van der Waals surface area contributed by atoms with Crippen LogP contribution in [0, 0.1) is 10.1 Å². The van der Waals surface area contributed by atoms with E-state index in [1.807, 2.05) is 0 Å². The average molecular weight is 403 g/mol. The molecule has 0 bridgehead atoms. The predicted octanol–water partition coefficient (Wildman–Crippen LogP) is 3.43. The molecule has 2 aromatic rings. The van der Waals surface area contributed by atoms with Gasteiger partial charge in [-0.25, -0.2) is 0 Å². The number of carbonyl (C=O) groups excluding carboxylic acids is 2. The smallest absolute Gasteiger partial charge is 0.224 e. The van der Waals surface area contributed by atoms with E-state index in [1.165, 1.54) is 11.8 Å². The quantitative estimate of drug-likeness (QED) is 0.579. The molecule has 0 fully saturated rings. The number of amides is 1. The molecule has 0 aliphatic carbocycles. The van der Waals surface area contributed by atoms with E-state index in [9.17, 15) is 19.7 Å². The molecule has 128 valence electrons. The first-order valence-electron chi connectivity index (χ1n) is 7.70. The van der Waals surface area contributed by atoms with Gasteiger partial charge in [0.25, 0.3) is 0 Å². The second kappa shape index (κ2) is 6.76. The highest BCUT2D eigenvalue weighted by atomic mass is 79.9. The van der Waals surface area contributed by atoms with E-state index in [2.05, 4.69) is 15.9 Å². The summed E-state index contributed by atoms with van der Waals surface area (Å²) >= 11 is 3.36. The fourth-order valence-electron chi connectivity index (χ4n) is 3.33. The first kappa shape index (κ1) is 17.3. The number of anilines is 1. The topological polar surface area (TPSA) is 80.5 Å². The lowest BCUT2D eigenvalue weighted by molar-refractivity contribution is -0.483. The summed E-state index contributed by atoms with van der Waals surface area (Å²) in [6.07, 6.45) is 0. The molecule has 7 heteroatoms. The van der Waals surface area contributed by atoms with Gasteiger partial charge in [-0.15, -0.1) is 0 Å². The molecule has 0 radical (unpaired) electrons. The SMILES string of the molecule is CC(=O)N1c2ccccc2C(=O)[C@@H]1[C@H](C[N+](=O)[O-])c1cccc(Br)c1. The Morgan fingerprint density at radius 3 is 2.64 bits per heavy atom. The summed E-state index contributed by atoms with van der Waals surface area (Å²) in [6, 6.07) is 12.9. The third-order valence-electron chi connectivity index (χ3n) is 4.32. The monoisotopic (exact) mass is 402 g/mol.